The van der Waals surface area contributed by atoms with Crippen LogP contribution < -0.4 is 4.74 Å². The quantitative estimate of drug-likeness (QED) is 0.721. The number of aryl methyl sites for hydroxylation is 1. The lowest BCUT2D eigenvalue weighted by Gasteiger charge is -2.08. The third-order valence-corrected chi connectivity index (χ3v) is 3.83. The van der Waals surface area contributed by atoms with Crippen LogP contribution >= 0.6 is 11.6 Å². The van der Waals surface area contributed by atoms with Crippen LogP contribution in [0.3, 0.4) is 0 Å². The molecule has 0 spiro atoms. The van der Waals surface area contributed by atoms with Gasteiger partial charge < -0.3 is 9.30 Å². The molecule has 0 aliphatic heterocycles. The van der Waals surface area contributed by atoms with Crippen LogP contribution in [0.1, 0.15) is 5.56 Å². The summed E-state index contributed by atoms with van der Waals surface area (Å²) < 4.78 is 34.9. The molecular formula is C16H13ClF2N4O. The number of hydrogen-bond donors (Lipinski definition) is 0. The van der Waals surface area contributed by atoms with Gasteiger partial charge in [0.15, 0.2) is 11.6 Å². The molecule has 0 radical (unpaired) electrons. The summed E-state index contributed by atoms with van der Waals surface area (Å²) in [6, 6.07) is 5.68. The zero-order valence-corrected chi connectivity index (χ0v) is 13.9. The van der Waals surface area contributed by atoms with Crippen LogP contribution in [0.15, 0.2) is 24.3 Å². The van der Waals surface area contributed by atoms with E-state index in [-0.39, 0.29) is 17.2 Å². The molecule has 2 heterocycles. The molecule has 0 aliphatic carbocycles. The van der Waals surface area contributed by atoms with Gasteiger partial charge in [-0.05, 0) is 30.7 Å². The Morgan fingerprint density at radius 2 is 1.71 bits per heavy atom. The van der Waals surface area contributed by atoms with Gasteiger partial charge in [-0.2, -0.15) is 0 Å². The number of aromatic nitrogens is 4. The van der Waals surface area contributed by atoms with Gasteiger partial charge in [0.25, 0.3) is 0 Å². The predicted molar refractivity (Wildman–Crippen MR) is 85.9 cm³/mol. The zero-order chi connectivity index (χ0) is 17.4. The normalized spacial score (nSPS) is 10.9. The Labute approximate surface area is 141 Å². The van der Waals surface area contributed by atoms with Crippen LogP contribution in [-0.2, 0) is 7.05 Å². The maximum Gasteiger partial charge on any atom is 0.213 e. The van der Waals surface area contributed by atoms with Crippen LogP contribution in [0.4, 0.5) is 8.78 Å². The van der Waals surface area contributed by atoms with Gasteiger partial charge in [-0.3, -0.25) is 0 Å². The van der Waals surface area contributed by atoms with Crippen molar-refractivity contribution in [3.63, 3.8) is 0 Å². The van der Waals surface area contributed by atoms with Crippen molar-refractivity contribution in [2.24, 2.45) is 7.05 Å². The largest absolute Gasteiger partial charge is 0.481 e. The third-order valence-electron chi connectivity index (χ3n) is 3.53. The van der Waals surface area contributed by atoms with Crippen LogP contribution in [0.25, 0.3) is 22.9 Å². The molecule has 0 amide bonds. The van der Waals surface area contributed by atoms with Crippen LogP contribution in [0.5, 0.6) is 5.88 Å². The molecule has 3 aromatic rings. The minimum Gasteiger partial charge on any atom is -0.481 e. The molecule has 0 saturated heterocycles. The minimum absolute atomic E-state index is 0.0423. The molecule has 0 aliphatic rings. The molecule has 24 heavy (non-hydrogen) atoms. The molecule has 8 heteroatoms. The van der Waals surface area contributed by atoms with E-state index in [9.17, 15) is 8.78 Å². The van der Waals surface area contributed by atoms with Gasteiger partial charge in [0.2, 0.25) is 5.88 Å². The number of methoxy groups -OCH3 is 1. The fourth-order valence-electron chi connectivity index (χ4n) is 2.36. The maximum absolute atomic E-state index is 14.2. The highest BCUT2D eigenvalue weighted by atomic mass is 35.5. The Bertz CT molecular complexity index is 903. The Hall–Kier alpha value is -2.54. The number of nitrogens with zero attached hydrogens (tertiary/aromatic N) is 4. The number of rotatable bonds is 3. The van der Waals surface area contributed by atoms with E-state index in [1.807, 2.05) is 0 Å². The number of hydrogen-bond acceptors (Lipinski definition) is 4. The summed E-state index contributed by atoms with van der Waals surface area (Å²) in [5.74, 6) is -0.765. The first-order chi connectivity index (χ1) is 11.4. The van der Waals surface area contributed by atoms with E-state index in [0.29, 0.717) is 22.2 Å². The number of ether oxygens (including phenoxy) is 1. The lowest BCUT2D eigenvalue weighted by Crippen LogP contribution is -2.02. The van der Waals surface area contributed by atoms with E-state index in [2.05, 4.69) is 15.2 Å². The van der Waals surface area contributed by atoms with Gasteiger partial charge in [0, 0.05) is 13.1 Å². The van der Waals surface area contributed by atoms with Gasteiger partial charge >= 0.3 is 0 Å². The van der Waals surface area contributed by atoms with Gasteiger partial charge in [0.1, 0.15) is 17.3 Å². The van der Waals surface area contributed by atoms with E-state index in [1.54, 1.807) is 26.1 Å². The first-order valence-electron chi connectivity index (χ1n) is 6.98. The topological polar surface area (TPSA) is 52.8 Å². The van der Waals surface area contributed by atoms with Crippen molar-refractivity contribution in [3.05, 3.63) is 46.5 Å². The second-order valence-electron chi connectivity index (χ2n) is 5.19. The third kappa shape index (κ3) is 2.71. The second kappa shape index (κ2) is 6.16. The van der Waals surface area contributed by atoms with Gasteiger partial charge in [0.05, 0.1) is 17.7 Å². The average Bonchev–Trinajstić information content (AvgIpc) is 2.89. The average molecular weight is 351 g/mol. The summed E-state index contributed by atoms with van der Waals surface area (Å²) >= 11 is 6.15. The molecule has 1 aromatic carbocycles. The summed E-state index contributed by atoms with van der Waals surface area (Å²) in [7, 11) is 3.06. The number of benzene rings is 1. The zero-order valence-electron chi connectivity index (χ0n) is 13.1. The lowest BCUT2D eigenvalue weighted by atomic mass is 10.1. The Morgan fingerprint density at radius 1 is 1.08 bits per heavy atom. The maximum atomic E-state index is 14.2. The van der Waals surface area contributed by atoms with E-state index in [1.165, 1.54) is 23.8 Å². The SMILES string of the molecule is COc1ccc(Cl)c(-c2nnc(-c3c(F)cc(C)cc3F)n2C)n1. The molecule has 0 bridgehead atoms. The first kappa shape index (κ1) is 16.3. The van der Waals surface area contributed by atoms with Crippen LogP contribution in [0, 0.1) is 18.6 Å². The highest BCUT2D eigenvalue weighted by molar-refractivity contribution is 6.32. The molecule has 2 aromatic heterocycles. The van der Waals surface area contributed by atoms with E-state index < -0.39 is 11.6 Å². The number of halogens is 3. The molecule has 0 fully saturated rings. The van der Waals surface area contributed by atoms with Crippen LogP contribution in [-0.4, -0.2) is 26.9 Å². The highest BCUT2D eigenvalue weighted by Crippen LogP contribution is 2.31. The van der Waals surface area contributed by atoms with Gasteiger partial charge in [-0.25, -0.2) is 13.8 Å². The summed E-state index contributed by atoms with van der Waals surface area (Å²) in [5, 5.41) is 8.21. The summed E-state index contributed by atoms with van der Waals surface area (Å²) in [6.07, 6.45) is 0. The van der Waals surface area contributed by atoms with Gasteiger partial charge in [-0.1, -0.05) is 11.6 Å². The molecule has 0 saturated carbocycles. The van der Waals surface area contributed by atoms with Crippen molar-refractivity contribution in [1.29, 1.82) is 0 Å². The predicted octanol–water partition coefficient (Wildman–Crippen LogP) is 3.79. The Kier molecular flexibility index (Phi) is 4.19. The fourth-order valence-corrected chi connectivity index (χ4v) is 2.55. The van der Waals surface area contributed by atoms with E-state index in [0.717, 1.165) is 0 Å². The fraction of sp³-hybridized carbons (Fsp3) is 0.188. The Morgan fingerprint density at radius 3 is 2.33 bits per heavy atom. The van der Waals surface area contributed by atoms with Crippen molar-refractivity contribution in [1.82, 2.24) is 19.7 Å². The number of pyridine rings is 1. The van der Waals surface area contributed by atoms with E-state index >= 15 is 0 Å². The molecular weight excluding hydrogens is 338 g/mol. The first-order valence-corrected chi connectivity index (χ1v) is 7.36. The molecule has 124 valence electrons. The van der Waals surface area contributed by atoms with Crippen LogP contribution in [0.2, 0.25) is 5.02 Å². The van der Waals surface area contributed by atoms with E-state index in [4.69, 9.17) is 16.3 Å². The Balaban J connectivity index is 2.17. The smallest absolute Gasteiger partial charge is 0.213 e. The minimum atomic E-state index is -0.709. The van der Waals surface area contributed by atoms with Crippen molar-refractivity contribution >= 4 is 11.6 Å². The second-order valence-corrected chi connectivity index (χ2v) is 5.60. The van der Waals surface area contributed by atoms with Crippen molar-refractivity contribution in [2.75, 3.05) is 7.11 Å². The molecule has 0 unspecified atom stereocenters. The molecule has 3 rings (SSSR count). The standard InChI is InChI=1S/C16H13ClF2N4O/c1-8-6-10(18)13(11(19)7-8)15-21-22-16(23(15)2)14-9(17)4-5-12(20-14)24-3/h4-7H,1-3H3. The molecule has 5 nitrogen and oxygen atoms in total. The highest BCUT2D eigenvalue weighted by Gasteiger charge is 2.22. The van der Waals surface area contributed by atoms with Gasteiger partial charge in [-0.15, -0.1) is 10.2 Å². The molecule has 0 N–H and O–H groups in total. The van der Waals surface area contributed by atoms with Crippen molar-refractivity contribution in [2.45, 2.75) is 6.92 Å². The van der Waals surface area contributed by atoms with Crippen molar-refractivity contribution < 1.29 is 13.5 Å². The monoisotopic (exact) mass is 350 g/mol. The lowest BCUT2D eigenvalue weighted by molar-refractivity contribution is 0.398. The molecule has 0 atom stereocenters. The summed E-state index contributed by atoms with van der Waals surface area (Å²) in [5.41, 5.74) is 0.541. The summed E-state index contributed by atoms with van der Waals surface area (Å²) in [4.78, 5) is 4.22. The van der Waals surface area contributed by atoms with Crippen molar-refractivity contribution in [3.8, 4) is 28.8 Å². The summed E-state index contributed by atoms with van der Waals surface area (Å²) in [6.45, 7) is 1.61.